The van der Waals surface area contributed by atoms with Gasteiger partial charge in [-0.3, -0.25) is 14.3 Å². The Hall–Kier alpha value is -5.16. The van der Waals surface area contributed by atoms with Crippen LogP contribution < -0.4 is 25.6 Å². The summed E-state index contributed by atoms with van der Waals surface area (Å²) in [7, 11) is 7.21. The van der Waals surface area contributed by atoms with Gasteiger partial charge < -0.3 is 29.0 Å². The molecule has 0 saturated carbocycles. The minimum atomic E-state index is -1.10. The number of H-pyrrole nitrogens is 1. The Labute approximate surface area is 291 Å². The van der Waals surface area contributed by atoms with Crippen LogP contribution in [0.15, 0.2) is 119 Å². The lowest BCUT2D eigenvalue weighted by molar-refractivity contribution is -0.0944. The van der Waals surface area contributed by atoms with E-state index in [9.17, 15) is 14.7 Å². The topological polar surface area (TPSA) is 115 Å². The lowest BCUT2D eigenvalue weighted by atomic mass is 9.80. The van der Waals surface area contributed by atoms with Crippen LogP contribution in [0.5, 0.6) is 11.5 Å². The van der Waals surface area contributed by atoms with E-state index in [0.29, 0.717) is 29.9 Å². The molecule has 1 aromatic heterocycles. The molecular weight excluding hydrogens is 634 g/mol. The summed E-state index contributed by atoms with van der Waals surface area (Å²) in [5.41, 5.74) is 3.06. The summed E-state index contributed by atoms with van der Waals surface area (Å²) >= 11 is 0. The predicted molar refractivity (Wildman–Crippen MR) is 192 cm³/mol. The molecule has 0 radical (unpaired) electrons. The van der Waals surface area contributed by atoms with Gasteiger partial charge in [-0.05, 0) is 71.5 Å². The number of nitrogens with zero attached hydrogens (tertiary/aromatic N) is 2. The molecule has 1 aliphatic rings. The molecule has 0 bridgehead atoms. The van der Waals surface area contributed by atoms with Crippen molar-refractivity contribution in [2.45, 2.75) is 43.3 Å². The van der Waals surface area contributed by atoms with E-state index in [0.717, 1.165) is 27.9 Å². The van der Waals surface area contributed by atoms with E-state index < -0.39 is 35.3 Å². The molecule has 0 unspecified atom stereocenters. The van der Waals surface area contributed by atoms with E-state index in [4.69, 9.17) is 18.9 Å². The van der Waals surface area contributed by atoms with Crippen LogP contribution in [0.25, 0.3) is 0 Å². The highest BCUT2D eigenvalue weighted by Gasteiger charge is 2.42. The summed E-state index contributed by atoms with van der Waals surface area (Å²) in [6, 6.07) is 33.4. The van der Waals surface area contributed by atoms with Crippen LogP contribution in [0.4, 0.5) is 5.69 Å². The predicted octanol–water partition coefficient (Wildman–Crippen LogP) is 5.06. The summed E-state index contributed by atoms with van der Waals surface area (Å²) in [5.74, 6) is 1.41. The van der Waals surface area contributed by atoms with E-state index in [1.807, 2.05) is 122 Å². The van der Waals surface area contributed by atoms with E-state index >= 15 is 0 Å². The monoisotopic (exact) mass is 677 g/mol. The van der Waals surface area contributed by atoms with Crippen LogP contribution >= 0.6 is 0 Å². The summed E-state index contributed by atoms with van der Waals surface area (Å²) < 4.78 is 25.5. The molecule has 0 spiro atoms. The summed E-state index contributed by atoms with van der Waals surface area (Å²) in [4.78, 5) is 30.3. The van der Waals surface area contributed by atoms with Gasteiger partial charge in [0.2, 0.25) is 0 Å². The third-order valence-electron chi connectivity index (χ3n) is 9.33. The molecule has 260 valence electrons. The fourth-order valence-electron chi connectivity index (χ4n) is 6.48. The largest absolute Gasteiger partial charge is 0.497 e. The van der Waals surface area contributed by atoms with Crippen molar-refractivity contribution in [3.05, 3.63) is 158 Å². The highest BCUT2D eigenvalue weighted by molar-refractivity contribution is 5.50. The molecular formula is C40H43N3O7. The van der Waals surface area contributed by atoms with E-state index in [1.54, 1.807) is 20.4 Å². The molecule has 0 aliphatic carbocycles. The van der Waals surface area contributed by atoms with Crippen LogP contribution in [-0.4, -0.2) is 61.8 Å². The van der Waals surface area contributed by atoms with Crippen molar-refractivity contribution >= 4 is 5.69 Å². The molecule has 0 amide bonds. The fourth-order valence-corrected chi connectivity index (χ4v) is 6.48. The number of ether oxygens (including phenoxy) is 4. The number of methoxy groups -OCH3 is 2. The first-order valence-electron chi connectivity index (χ1n) is 16.6. The zero-order chi connectivity index (χ0) is 35.3. The van der Waals surface area contributed by atoms with Gasteiger partial charge in [0.15, 0.2) is 0 Å². The maximum atomic E-state index is 13.0. The number of hydrogen-bond acceptors (Lipinski definition) is 8. The summed E-state index contributed by atoms with van der Waals surface area (Å²) in [6.45, 7) is -0.00146. The molecule has 5 aromatic rings. The number of aliphatic hydroxyl groups is 1. The molecule has 50 heavy (non-hydrogen) atoms. The van der Waals surface area contributed by atoms with E-state index in [2.05, 4.69) is 4.98 Å². The van der Waals surface area contributed by atoms with Crippen LogP contribution in [0.3, 0.4) is 0 Å². The molecule has 2 N–H and O–H groups in total. The number of aromatic nitrogens is 2. The maximum absolute atomic E-state index is 13.0. The molecule has 1 fully saturated rings. The van der Waals surface area contributed by atoms with Gasteiger partial charge in [0.25, 0.3) is 5.56 Å². The third kappa shape index (κ3) is 7.23. The van der Waals surface area contributed by atoms with E-state index in [-0.39, 0.29) is 13.0 Å². The van der Waals surface area contributed by atoms with Crippen molar-refractivity contribution in [2.24, 2.45) is 0 Å². The van der Waals surface area contributed by atoms with Gasteiger partial charge in [-0.1, -0.05) is 66.7 Å². The Morgan fingerprint density at radius 2 is 1.40 bits per heavy atom. The van der Waals surface area contributed by atoms with Crippen molar-refractivity contribution in [2.75, 3.05) is 39.8 Å². The number of benzene rings is 4. The zero-order valence-electron chi connectivity index (χ0n) is 28.7. The standard InChI is InChI=1S/C40H43N3O7/c1-42(2)32-18-11-27(12-19-32)10-13-28-25-43(39(46)41-38(28)45)37-24-35(44)36(50-37)26-49-40(29-8-6-5-7-9-29,30-14-20-33(47-3)21-15-30)31-16-22-34(48-4)23-17-31/h5-9,11-12,14-23,25,35-37,44H,10,13,24,26H2,1-4H3,(H,41,45,46)/t35-,36+,37+/m0/s1. The number of nitrogens with one attached hydrogen (secondary N) is 1. The van der Waals surface area contributed by atoms with Crippen LogP contribution in [0.1, 0.15) is 40.5 Å². The third-order valence-corrected chi connectivity index (χ3v) is 9.33. The van der Waals surface area contributed by atoms with Crippen LogP contribution in [0.2, 0.25) is 0 Å². The molecule has 3 atom stereocenters. The normalized spacial score (nSPS) is 17.4. The fraction of sp³-hybridized carbons (Fsp3) is 0.300. The first-order valence-corrected chi connectivity index (χ1v) is 16.6. The van der Waals surface area contributed by atoms with Gasteiger partial charge in [-0.25, -0.2) is 4.79 Å². The van der Waals surface area contributed by atoms with Gasteiger partial charge in [-0.2, -0.15) is 0 Å². The Kier molecular flexibility index (Phi) is 10.5. The SMILES string of the molecule is COc1ccc(C(OC[C@H]2O[C@@H](n3cc(CCc4ccc(N(C)C)cc4)c(=O)[nH]c3=O)C[C@@H]2O)(c2ccccc2)c2ccc(OC)cc2)cc1. The first kappa shape index (κ1) is 34.7. The first-order chi connectivity index (χ1) is 24.2. The average molecular weight is 678 g/mol. The minimum Gasteiger partial charge on any atom is -0.497 e. The summed E-state index contributed by atoms with van der Waals surface area (Å²) in [6.07, 6.45) is 0.261. The zero-order valence-corrected chi connectivity index (χ0v) is 28.7. The quantitative estimate of drug-likeness (QED) is 0.166. The highest BCUT2D eigenvalue weighted by atomic mass is 16.6. The van der Waals surface area contributed by atoms with Crippen molar-refractivity contribution in [1.82, 2.24) is 9.55 Å². The van der Waals surface area contributed by atoms with E-state index in [1.165, 1.54) is 4.57 Å². The smallest absolute Gasteiger partial charge is 0.330 e. The number of rotatable bonds is 13. The van der Waals surface area contributed by atoms with Crippen molar-refractivity contribution in [3.8, 4) is 11.5 Å². The Bertz CT molecular complexity index is 1920. The number of hydrogen-bond donors (Lipinski definition) is 2. The second kappa shape index (κ2) is 15.2. The van der Waals surface area contributed by atoms with Gasteiger partial charge in [0, 0.05) is 38.0 Å². The van der Waals surface area contributed by atoms with Crippen LogP contribution in [-0.2, 0) is 27.9 Å². The average Bonchev–Trinajstić information content (AvgIpc) is 3.52. The number of aryl methyl sites for hydroxylation is 2. The molecule has 2 heterocycles. The second-order valence-corrected chi connectivity index (χ2v) is 12.6. The van der Waals surface area contributed by atoms with Gasteiger partial charge in [-0.15, -0.1) is 0 Å². The minimum absolute atomic E-state index is 0.00146. The van der Waals surface area contributed by atoms with Crippen molar-refractivity contribution in [3.63, 3.8) is 0 Å². The van der Waals surface area contributed by atoms with Gasteiger partial charge >= 0.3 is 5.69 Å². The Morgan fingerprint density at radius 3 is 1.96 bits per heavy atom. The number of anilines is 1. The van der Waals surface area contributed by atoms with Crippen molar-refractivity contribution in [1.29, 1.82) is 0 Å². The number of aliphatic hydroxyl groups excluding tert-OH is 1. The Morgan fingerprint density at radius 1 is 0.820 bits per heavy atom. The lowest BCUT2D eigenvalue weighted by Crippen LogP contribution is -2.38. The molecule has 1 aliphatic heterocycles. The van der Waals surface area contributed by atoms with Gasteiger partial charge in [0.1, 0.15) is 29.4 Å². The summed E-state index contributed by atoms with van der Waals surface area (Å²) in [5, 5.41) is 11.3. The molecule has 4 aromatic carbocycles. The lowest BCUT2D eigenvalue weighted by Gasteiger charge is -2.37. The molecule has 6 rings (SSSR count). The maximum Gasteiger partial charge on any atom is 0.330 e. The van der Waals surface area contributed by atoms with Crippen molar-refractivity contribution < 1.29 is 24.1 Å². The van der Waals surface area contributed by atoms with Gasteiger partial charge in [0.05, 0.1) is 26.9 Å². The number of aromatic amines is 1. The highest BCUT2D eigenvalue weighted by Crippen LogP contribution is 2.42. The molecule has 10 nitrogen and oxygen atoms in total. The molecule has 1 saturated heterocycles. The van der Waals surface area contributed by atoms with Crippen LogP contribution in [0, 0.1) is 0 Å². The molecule has 10 heteroatoms. The second-order valence-electron chi connectivity index (χ2n) is 12.6. The Balaban J connectivity index is 1.27.